The Kier molecular flexibility index (Phi) is 5.98. The number of guanidine groups is 1. The van der Waals surface area contributed by atoms with E-state index in [0.717, 1.165) is 22.2 Å². The lowest BCUT2D eigenvalue weighted by Crippen LogP contribution is -2.22. The van der Waals surface area contributed by atoms with E-state index in [1.165, 1.54) is 24.3 Å². The smallest absolute Gasteiger partial charge is 0.406 e. The van der Waals surface area contributed by atoms with Gasteiger partial charge in [0.05, 0.1) is 23.9 Å². The predicted octanol–water partition coefficient (Wildman–Crippen LogP) is 4.91. The van der Waals surface area contributed by atoms with Gasteiger partial charge in [-0.1, -0.05) is 36.4 Å². The van der Waals surface area contributed by atoms with E-state index in [9.17, 15) is 13.2 Å². The third-order valence-corrected chi connectivity index (χ3v) is 4.70. The van der Waals surface area contributed by atoms with E-state index >= 15 is 0 Å². The van der Waals surface area contributed by atoms with Gasteiger partial charge in [0.15, 0.2) is 5.96 Å². The number of anilines is 1. The van der Waals surface area contributed by atoms with Gasteiger partial charge in [-0.05, 0) is 47.5 Å². The summed E-state index contributed by atoms with van der Waals surface area (Å²) in [4.78, 5) is 8.68. The molecule has 0 aliphatic heterocycles. The predicted molar refractivity (Wildman–Crippen MR) is 117 cm³/mol. The van der Waals surface area contributed by atoms with Gasteiger partial charge in [0.2, 0.25) is 0 Å². The molecule has 9 heteroatoms. The molecule has 0 fully saturated rings. The fraction of sp³-hybridized carbons (Fsp3) is 0.130. The second-order valence-corrected chi connectivity index (χ2v) is 7.08. The van der Waals surface area contributed by atoms with Crippen LogP contribution in [0.3, 0.4) is 0 Å². The highest BCUT2D eigenvalue weighted by atomic mass is 19.4. The van der Waals surface area contributed by atoms with Gasteiger partial charge < -0.3 is 20.4 Å². The van der Waals surface area contributed by atoms with Crippen molar-refractivity contribution < 1.29 is 17.9 Å². The van der Waals surface area contributed by atoms with E-state index in [-0.39, 0.29) is 11.7 Å². The topological polar surface area (TPSA) is 77.5 Å². The van der Waals surface area contributed by atoms with Crippen molar-refractivity contribution in [2.75, 3.05) is 5.32 Å². The van der Waals surface area contributed by atoms with Crippen LogP contribution in [-0.4, -0.2) is 21.9 Å². The van der Waals surface area contributed by atoms with Gasteiger partial charge in [0, 0.05) is 12.2 Å². The van der Waals surface area contributed by atoms with Crippen LogP contribution < -0.4 is 15.8 Å². The molecule has 0 saturated carbocycles. The first-order valence-corrected chi connectivity index (χ1v) is 9.76. The number of aliphatic imine (C=N–C) groups is 1. The summed E-state index contributed by atoms with van der Waals surface area (Å²) in [5.74, 6) is -0.147. The van der Waals surface area contributed by atoms with Crippen molar-refractivity contribution in [1.82, 2.24) is 9.55 Å². The Bertz CT molecular complexity index is 1220. The molecule has 0 bridgehead atoms. The summed E-state index contributed by atoms with van der Waals surface area (Å²) in [6.07, 6.45) is -2.89. The van der Waals surface area contributed by atoms with Crippen molar-refractivity contribution >= 4 is 22.7 Å². The Balaban J connectivity index is 1.33. The highest BCUT2D eigenvalue weighted by molar-refractivity contribution is 5.92. The van der Waals surface area contributed by atoms with Gasteiger partial charge in [-0.2, -0.15) is 0 Å². The molecule has 0 saturated heterocycles. The molecule has 0 aliphatic carbocycles. The van der Waals surface area contributed by atoms with Gasteiger partial charge in [0.1, 0.15) is 5.75 Å². The second-order valence-electron chi connectivity index (χ2n) is 7.08. The Labute approximate surface area is 182 Å². The number of hydrogen-bond donors (Lipinski definition) is 2. The normalized spacial score (nSPS) is 12.2. The van der Waals surface area contributed by atoms with E-state index in [1.54, 1.807) is 0 Å². The maximum Gasteiger partial charge on any atom is 0.573 e. The molecule has 4 rings (SSSR count). The van der Waals surface area contributed by atoms with E-state index in [2.05, 4.69) is 24.6 Å². The lowest BCUT2D eigenvalue weighted by Gasteiger charge is -2.10. The summed E-state index contributed by atoms with van der Waals surface area (Å²) in [7, 11) is 0. The molecule has 0 aliphatic rings. The molecule has 0 atom stereocenters. The molecule has 0 radical (unpaired) electrons. The third kappa shape index (κ3) is 5.57. The van der Waals surface area contributed by atoms with E-state index in [1.807, 2.05) is 54.9 Å². The molecule has 0 unspecified atom stereocenters. The molecule has 32 heavy (non-hydrogen) atoms. The van der Waals surface area contributed by atoms with Crippen molar-refractivity contribution in [3.8, 4) is 5.75 Å². The van der Waals surface area contributed by atoms with E-state index < -0.39 is 6.36 Å². The van der Waals surface area contributed by atoms with Gasteiger partial charge in [0.25, 0.3) is 0 Å². The molecular weight excluding hydrogens is 419 g/mol. The van der Waals surface area contributed by atoms with Gasteiger partial charge in [-0.15, -0.1) is 13.2 Å². The number of benzene rings is 3. The lowest BCUT2D eigenvalue weighted by molar-refractivity contribution is -0.274. The largest absolute Gasteiger partial charge is 0.573 e. The molecule has 1 aromatic heterocycles. The summed E-state index contributed by atoms with van der Waals surface area (Å²) >= 11 is 0. The molecule has 164 valence electrons. The highest BCUT2D eigenvalue weighted by Crippen LogP contribution is 2.24. The zero-order valence-electron chi connectivity index (χ0n) is 16.9. The molecule has 3 N–H and O–H groups in total. The number of alkyl halides is 3. The van der Waals surface area contributed by atoms with Crippen LogP contribution in [0, 0.1) is 0 Å². The number of para-hydroxylation sites is 2. The summed E-state index contributed by atoms with van der Waals surface area (Å²) in [5.41, 5.74) is 10.5. The number of halogens is 3. The minimum Gasteiger partial charge on any atom is -0.406 e. The number of hydrogen-bond acceptors (Lipinski definition) is 3. The van der Waals surface area contributed by atoms with Crippen LogP contribution in [0.1, 0.15) is 11.1 Å². The number of nitrogens with two attached hydrogens (primary N) is 1. The highest BCUT2D eigenvalue weighted by Gasteiger charge is 2.30. The first-order chi connectivity index (χ1) is 15.4. The van der Waals surface area contributed by atoms with Crippen molar-refractivity contribution in [3.05, 3.63) is 90.3 Å². The number of aromatic nitrogens is 2. The van der Waals surface area contributed by atoms with Crippen molar-refractivity contribution in [1.29, 1.82) is 0 Å². The van der Waals surface area contributed by atoms with Crippen LogP contribution >= 0.6 is 0 Å². The Morgan fingerprint density at radius 1 is 0.969 bits per heavy atom. The summed E-state index contributed by atoms with van der Waals surface area (Å²) in [5, 5.41) is 2.84. The molecule has 1 heterocycles. The number of nitrogens with one attached hydrogen (secondary N) is 1. The molecule has 4 aromatic rings. The summed E-state index contributed by atoms with van der Waals surface area (Å²) < 4.78 is 42.6. The zero-order valence-corrected chi connectivity index (χ0v) is 16.9. The van der Waals surface area contributed by atoms with Crippen LogP contribution in [0.4, 0.5) is 18.9 Å². The van der Waals surface area contributed by atoms with Crippen LogP contribution in [-0.2, 0) is 13.1 Å². The quantitative estimate of drug-likeness (QED) is 0.331. The number of rotatable bonds is 6. The number of fused-ring (bicyclic) bond motifs is 1. The Morgan fingerprint density at radius 3 is 2.38 bits per heavy atom. The summed E-state index contributed by atoms with van der Waals surface area (Å²) in [6.45, 7) is 1.07. The molecule has 6 nitrogen and oxygen atoms in total. The Morgan fingerprint density at radius 2 is 1.66 bits per heavy atom. The molecule has 0 amide bonds. The lowest BCUT2D eigenvalue weighted by atomic mass is 10.1. The van der Waals surface area contributed by atoms with Crippen LogP contribution in [0.5, 0.6) is 5.75 Å². The zero-order chi connectivity index (χ0) is 22.6. The van der Waals surface area contributed by atoms with Crippen molar-refractivity contribution in [2.24, 2.45) is 10.7 Å². The molecule has 0 spiro atoms. The Hall–Kier alpha value is -4.01. The average Bonchev–Trinajstić information content (AvgIpc) is 3.17. The van der Waals surface area contributed by atoms with Crippen LogP contribution in [0.2, 0.25) is 0 Å². The van der Waals surface area contributed by atoms with Crippen molar-refractivity contribution in [2.45, 2.75) is 19.5 Å². The standard InChI is InChI=1S/C23H20F3N5O/c24-23(25,26)32-19-11-9-18(10-12-19)30-22(27)28-13-16-5-7-17(8-6-16)14-31-15-29-20-3-1-2-4-21(20)31/h1-12,15H,13-14H2,(H3,27,28,30). The van der Waals surface area contributed by atoms with Gasteiger partial charge >= 0.3 is 6.36 Å². The molecular formula is C23H20F3N5O. The van der Waals surface area contributed by atoms with Gasteiger partial charge in [-0.25, -0.2) is 9.98 Å². The number of nitrogens with zero attached hydrogens (tertiary/aromatic N) is 3. The van der Waals surface area contributed by atoms with Crippen LogP contribution in [0.15, 0.2) is 84.1 Å². The fourth-order valence-electron chi connectivity index (χ4n) is 3.19. The second kappa shape index (κ2) is 9.01. The maximum absolute atomic E-state index is 12.2. The summed E-state index contributed by atoms with van der Waals surface area (Å²) in [6, 6.07) is 21.3. The minimum atomic E-state index is -4.72. The monoisotopic (exact) mass is 439 g/mol. The van der Waals surface area contributed by atoms with Gasteiger partial charge in [-0.3, -0.25) is 0 Å². The number of ether oxygens (including phenoxy) is 1. The first-order valence-electron chi connectivity index (χ1n) is 9.76. The first kappa shape index (κ1) is 21.2. The molecule has 3 aromatic carbocycles. The van der Waals surface area contributed by atoms with E-state index in [0.29, 0.717) is 18.8 Å². The SMILES string of the molecule is NC(=NCc1ccc(Cn2cnc3ccccc32)cc1)Nc1ccc(OC(F)(F)F)cc1. The third-order valence-electron chi connectivity index (χ3n) is 4.70. The number of imidazole rings is 1. The average molecular weight is 439 g/mol. The minimum absolute atomic E-state index is 0.156. The maximum atomic E-state index is 12.2. The van der Waals surface area contributed by atoms with Crippen molar-refractivity contribution in [3.63, 3.8) is 0 Å². The van der Waals surface area contributed by atoms with Crippen LogP contribution in [0.25, 0.3) is 11.0 Å². The van der Waals surface area contributed by atoms with E-state index in [4.69, 9.17) is 5.73 Å². The fourth-order valence-corrected chi connectivity index (χ4v) is 3.19.